The topological polar surface area (TPSA) is 53.7 Å². The molecule has 1 atom stereocenters. The van der Waals surface area contributed by atoms with Crippen LogP contribution in [0.5, 0.6) is 5.75 Å². The molecule has 1 aromatic carbocycles. The summed E-state index contributed by atoms with van der Waals surface area (Å²) >= 11 is 0. The van der Waals surface area contributed by atoms with Gasteiger partial charge in [-0.2, -0.15) is 0 Å². The van der Waals surface area contributed by atoms with Gasteiger partial charge in [-0.15, -0.1) is 0 Å². The van der Waals surface area contributed by atoms with Crippen LogP contribution < -0.4 is 5.43 Å². The number of aromatic hydroxyl groups is 1. The third kappa shape index (κ3) is 3.00. The highest BCUT2D eigenvalue weighted by Gasteiger charge is 2.25. The van der Waals surface area contributed by atoms with Crippen molar-refractivity contribution in [3.63, 3.8) is 0 Å². The Balaban J connectivity index is 1.72. The quantitative estimate of drug-likeness (QED) is 0.942. The van der Waals surface area contributed by atoms with E-state index < -0.39 is 0 Å². The zero-order chi connectivity index (χ0) is 14.8. The van der Waals surface area contributed by atoms with E-state index in [1.54, 1.807) is 6.92 Å². The lowest BCUT2D eigenvalue weighted by Crippen LogP contribution is -2.21. The van der Waals surface area contributed by atoms with Gasteiger partial charge in [0.1, 0.15) is 5.76 Å². The number of likely N-dealkylation sites (tertiary alicyclic amines) is 1. The molecule has 2 heterocycles. The molecule has 2 aromatic rings. The molecule has 0 amide bonds. The van der Waals surface area contributed by atoms with Crippen LogP contribution in [0.25, 0.3) is 0 Å². The van der Waals surface area contributed by atoms with Crippen LogP contribution in [0.4, 0.5) is 0 Å². The van der Waals surface area contributed by atoms with Crippen LogP contribution in [-0.4, -0.2) is 23.1 Å². The van der Waals surface area contributed by atoms with Crippen molar-refractivity contribution in [3.8, 4) is 5.75 Å². The normalized spacial score (nSPS) is 19.0. The lowest BCUT2D eigenvalue weighted by molar-refractivity contribution is 0.273. The Hall–Kier alpha value is -2.07. The van der Waals surface area contributed by atoms with Crippen molar-refractivity contribution in [3.05, 3.63) is 63.7 Å². The Labute approximate surface area is 123 Å². The maximum absolute atomic E-state index is 11.6. The van der Waals surface area contributed by atoms with E-state index in [1.165, 1.54) is 11.6 Å². The van der Waals surface area contributed by atoms with Gasteiger partial charge in [0.25, 0.3) is 0 Å². The molecule has 110 valence electrons. The summed E-state index contributed by atoms with van der Waals surface area (Å²) in [6.45, 7) is 4.06. The predicted octanol–water partition coefficient (Wildman–Crippen LogP) is 2.64. The van der Waals surface area contributed by atoms with Crippen LogP contribution in [-0.2, 0) is 6.54 Å². The molecule has 0 bridgehead atoms. The first kappa shape index (κ1) is 13.9. The first-order chi connectivity index (χ1) is 10.1. The van der Waals surface area contributed by atoms with Crippen LogP contribution in [0, 0.1) is 6.92 Å². The molecule has 1 aliphatic heterocycles. The minimum Gasteiger partial charge on any atom is -0.502 e. The van der Waals surface area contributed by atoms with Crippen molar-refractivity contribution < 1.29 is 9.52 Å². The maximum atomic E-state index is 11.6. The van der Waals surface area contributed by atoms with Gasteiger partial charge in [0, 0.05) is 12.6 Å². The fourth-order valence-electron chi connectivity index (χ4n) is 2.95. The van der Waals surface area contributed by atoms with Gasteiger partial charge in [-0.05, 0) is 31.4 Å². The molecule has 1 saturated heterocycles. The summed E-state index contributed by atoms with van der Waals surface area (Å²) in [5, 5.41) is 9.83. The molecule has 0 radical (unpaired) electrons. The second kappa shape index (κ2) is 5.74. The Morgan fingerprint density at radius 2 is 2.10 bits per heavy atom. The summed E-state index contributed by atoms with van der Waals surface area (Å²) in [4.78, 5) is 13.8. The molecule has 0 aliphatic carbocycles. The van der Waals surface area contributed by atoms with Crippen LogP contribution in [0.15, 0.2) is 45.6 Å². The number of hydrogen-bond donors (Lipinski definition) is 1. The van der Waals surface area contributed by atoms with Crippen molar-refractivity contribution in [1.29, 1.82) is 0 Å². The molecule has 4 nitrogen and oxygen atoms in total. The average molecular weight is 285 g/mol. The van der Waals surface area contributed by atoms with Gasteiger partial charge in [0.2, 0.25) is 11.2 Å². The summed E-state index contributed by atoms with van der Waals surface area (Å²) in [5.74, 6) is 1.15. The smallest absolute Gasteiger partial charge is 0.227 e. The summed E-state index contributed by atoms with van der Waals surface area (Å²) in [7, 11) is 0. The largest absolute Gasteiger partial charge is 0.502 e. The van der Waals surface area contributed by atoms with Crippen LogP contribution in [0.2, 0.25) is 0 Å². The monoisotopic (exact) mass is 285 g/mol. The summed E-state index contributed by atoms with van der Waals surface area (Å²) < 4.78 is 5.50. The molecule has 1 aliphatic rings. The number of nitrogens with zero attached hydrogens (tertiary/aromatic N) is 1. The lowest BCUT2D eigenvalue weighted by Gasteiger charge is -2.16. The number of hydrogen-bond acceptors (Lipinski definition) is 4. The van der Waals surface area contributed by atoms with E-state index in [9.17, 15) is 9.90 Å². The van der Waals surface area contributed by atoms with Gasteiger partial charge < -0.3 is 9.52 Å². The molecule has 21 heavy (non-hydrogen) atoms. The highest BCUT2D eigenvalue weighted by atomic mass is 16.4. The van der Waals surface area contributed by atoms with E-state index in [0.29, 0.717) is 24.0 Å². The number of rotatable bonds is 3. The van der Waals surface area contributed by atoms with E-state index in [2.05, 4.69) is 29.2 Å². The lowest BCUT2D eigenvalue weighted by atomic mass is 9.99. The van der Waals surface area contributed by atoms with Crippen molar-refractivity contribution >= 4 is 0 Å². The summed E-state index contributed by atoms with van der Waals surface area (Å²) in [6, 6.07) is 11.8. The minimum atomic E-state index is -0.368. The highest BCUT2D eigenvalue weighted by molar-refractivity contribution is 5.25. The van der Waals surface area contributed by atoms with Crippen LogP contribution in [0.1, 0.15) is 29.4 Å². The molecule has 0 unspecified atom stereocenters. The molecular formula is C17H19NO3. The molecule has 1 aromatic heterocycles. The second-order valence-corrected chi connectivity index (χ2v) is 5.62. The van der Waals surface area contributed by atoms with E-state index >= 15 is 0 Å². The Kier molecular flexibility index (Phi) is 3.80. The van der Waals surface area contributed by atoms with E-state index in [-0.39, 0.29) is 11.2 Å². The summed E-state index contributed by atoms with van der Waals surface area (Å²) in [6.07, 6.45) is 1.08. The van der Waals surface area contributed by atoms with E-state index in [4.69, 9.17) is 4.42 Å². The van der Waals surface area contributed by atoms with Crippen LogP contribution >= 0.6 is 0 Å². The number of aryl methyl sites for hydroxylation is 1. The second-order valence-electron chi connectivity index (χ2n) is 5.62. The Morgan fingerprint density at radius 1 is 1.33 bits per heavy atom. The number of benzene rings is 1. The van der Waals surface area contributed by atoms with Crippen molar-refractivity contribution in [2.24, 2.45) is 0 Å². The van der Waals surface area contributed by atoms with Gasteiger partial charge in [0.05, 0.1) is 6.54 Å². The zero-order valence-corrected chi connectivity index (χ0v) is 12.1. The molecule has 3 rings (SSSR count). The zero-order valence-electron chi connectivity index (χ0n) is 12.1. The van der Waals surface area contributed by atoms with Gasteiger partial charge in [-0.3, -0.25) is 9.69 Å². The Bertz CT molecular complexity index is 678. The van der Waals surface area contributed by atoms with E-state index in [0.717, 1.165) is 19.5 Å². The predicted molar refractivity (Wildman–Crippen MR) is 80.5 cm³/mol. The maximum Gasteiger partial charge on any atom is 0.227 e. The van der Waals surface area contributed by atoms with Crippen molar-refractivity contribution in [2.75, 3.05) is 13.1 Å². The standard InChI is InChI=1S/C17H19NO3/c1-12-9-15(19)17(20)16(21-12)11-18-8-7-14(10-18)13-5-3-2-4-6-13/h2-6,9,14,20H,7-8,10-11H2,1H3/t14-/m1/s1. The van der Waals surface area contributed by atoms with Crippen molar-refractivity contribution in [2.45, 2.75) is 25.8 Å². The fourth-order valence-corrected chi connectivity index (χ4v) is 2.95. The van der Waals surface area contributed by atoms with Gasteiger partial charge in [0.15, 0.2) is 5.76 Å². The first-order valence-electron chi connectivity index (χ1n) is 7.23. The fraction of sp³-hybridized carbons (Fsp3) is 0.353. The SMILES string of the molecule is Cc1cc(=O)c(O)c(CN2CC[C@@H](c3ccccc3)C2)o1. The molecule has 0 saturated carbocycles. The van der Waals surface area contributed by atoms with Gasteiger partial charge in [-0.25, -0.2) is 0 Å². The molecule has 0 spiro atoms. The molecular weight excluding hydrogens is 266 g/mol. The average Bonchev–Trinajstić information content (AvgIpc) is 2.94. The third-order valence-electron chi connectivity index (χ3n) is 4.03. The Morgan fingerprint density at radius 3 is 2.86 bits per heavy atom. The van der Waals surface area contributed by atoms with Crippen LogP contribution in [0.3, 0.4) is 0 Å². The van der Waals surface area contributed by atoms with Gasteiger partial charge in [-0.1, -0.05) is 30.3 Å². The minimum absolute atomic E-state index is 0.260. The summed E-state index contributed by atoms with van der Waals surface area (Å²) in [5.41, 5.74) is 0.975. The third-order valence-corrected chi connectivity index (χ3v) is 4.03. The molecule has 1 fully saturated rings. The first-order valence-corrected chi connectivity index (χ1v) is 7.23. The molecule has 1 N–H and O–H groups in total. The van der Waals surface area contributed by atoms with E-state index in [1.807, 2.05) is 6.07 Å². The highest BCUT2D eigenvalue weighted by Crippen LogP contribution is 2.28. The van der Waals surface area contributed by atoms with Crippen molar-refractivity contribution in [1.82, 2.24) is 4.90 Å². The molecule has 4 heteroatoms. The van der Waals surface area contributed by atoms with Gasteiger partial charge >= 0.3 is 0 Å².